The zero-order chi connectivity index (χ0) is 9.84. The Morgan fingerprint density at radius 1 is 1.62 bits per heavy atom. The maximum absolute atomic E-state index is 6.99. The first-order valence-electron chi connectivity index (χ1n) is 4.77. The molecule has 1 fully saturated rings. The molecule has 0 aliphatic heterocycles. The SMILES string of the molecule is CC1CCCC(=NNC(=N)N)C1C. The van der Waals surface area contributed by atoms with Gasteiger partial charge in [-0.05, 0) is 31.1 Å². The van der Waals surface area contributed by atoms with Crippen molar-refractivity contribution in [2.75, 3.05) is 0 Å². The zero-order valence-electron chi connectivity index (χ0n) is 8.30. The fraction of sp³-hybridized carbons (Fsp3) is 0.778. The van der Waals surface area contributed by atoms with Gasteiger partial charge in [0.1, 0.15) is 0 Å². The molecule has 0 radical (unpaired) electrons. The van der Waals surface area contributed by atoms with Crippen molar-refractivity contribution in [3.8, 4) is 0 Å². The van der Waals surface area contributed by atoms with Crippen LogP contribution in [0.15, 0.2) is 5.10 Å². The van der Waals surface area contributed by atoms with Gasteiger partial charge in [0, 0.05) is 5.71 Å². The average molecular weight is 182 g/mol. The van der Waals surface area contributed by atoms with E-state index in [0.29, 0.717) is 11.8 Å². The summed E-state index contributed by atoms with van der Waals surface area (Å²) in [6.07, 6.45) is 3.51. The van der Waals surface area contributed by atoms with E-state index in [0.717, 1.165) is 12.1 Å². The molecule has 2 atom stereocenters. The van der Waals surface area contributed by atoms with Crippen molar-refractivity contribution in [2.24, 2.45) is 22.7 Å². The van der Waals surface area contributed by atoms with E-state index in [4.69, 9.17) is 11.1 Å². The summed E-state index contributed by atoms with van der Waals surface area (Å²) >= 11 is 0. The van der Waals surface area contributed by atoms with Gasteiger partial charge in [-0.1, -0.05) is 13.8 Å². The maximum Gasteiger partial charge on any atom is 0.206 e. The first-order valence-corrected chi connectivity index (χ1v) is 4.77. The third kappa shape index (κ3) is 2.72. The molecule has 0 aromatic carbocycles. The van der Waals surface area contributed by atoms with Gasteiger partial charge in [0.05, 0.1) is 0 Å². The number of nitrogens with zero attached hydrogens (tertiary/aromatic N) is 1. The Morgan fingerprint density at radius 3 is 2.92 bits per heavy atom. The highest BCUT2D eigenvalue weighted by Gasteiger charge is 2.22. The number of guanidine groups is 1. The van der Waals surface area contributed by atoms with Crippen LogP contribution in [-0.4, -0.2) is 11.7 Å². The molecule has 0 amide bonds. The van der Waals surface area contributed by atoms with E-state index in [1.165, 1.54) is 12.8 Å². The largest absolute Gasteiger partial charge is 0.369 e. The lowest BCUT2D eigenvalue weighted by molar-refractivity contribution is 0.402. The molecule has 1 saturated carbocycles. The normalized spacial score (nSPS) is 31.7. The predicted octanol–water partition coefficient (Wildman–Crippen LogP) is 1.28. The Morgan fingerprint density at radius 2 is 2.31 bits per heavy atom. The molecule has 0 aromatic heterocycles. The standard InChI is InChI=1S/C9H18N4/c1-6-4-3-5-8(7(6)2)12-13-9(10)11/h6-7H,3-5H2,1-2H3,(H4,10,11,13). The molecule has 0 spiro atoms. The van der Waals surface area contributed by atoms with Crippen molar-refractivity contribution in [1.29, 1.82) is 5.41 Å². The van der Waals surface area contributed by atoms with Crippen LogP contribution in [0, 0.1) is 17.2 Å². The summed E-state index contributed by atoms with van der Waals surface area (Å²) in [6.45, 7) is 4.43. The summed E-state index contributed by atoms with van der Waals surface area (Å²) in [5, 5.41) is 11.1. The topological polar surface area (TPSA) is 74.3 Å². The lowest BCUT2D eigenvalue weighted by atomic mass is 9.80. The number of nitrogens with two attached hydrogens (primary N) is 1. The summed E-state index contributed by atoms with van der Waals surface area (Å²) in [6, 6.07) is 0. The van der Waals surface area contributed by atoms with Gasteiger partial charge in [-0.25, -0.2) is 5.43 Å². The fourth-order valence-electron chi connectivity index (χ4n) is 1.70. The van der Waals surface area contributed by atoms with Crippen molar-refractivity contribution in [3.63, 3.8) is 0 Å². The van der Waals surface area contributed by atoms with Gasteiger partial charge in [-0.15, -0.1) is 0 Å². The summed E-state index contributed by atoms with van der Waals surface area (Å²) in [7, 11) is 0. The van der Waals surface area contributed by atoms with Gasteiger partial charge in [-0.3, -0.25) is 5.41 Å². The van der Waals surface area contributed by atoms with Crippen molar-refractivity contribution in [3.05, 3.63) is 0 Å². The van der Waals surface area contributed by atoms with Gasteiger partial charge < -0.3 is 5.73 Å². The smallest absolute Gasteiger partial charge is 0.206 e. The van der Waals surface area contributed by atoms with E-state index in [2.05, 4.69) is 24.4 Å². The lowest BCUT2D eigenvalue weighted by Gasteiger charge is -2.26. The molecule has 4 N–H and O–H groups in total. The molecule has 1 rings (SSSR count). The monoisotopic (exact) mass is 182 g/mol. The molecule has 1 aliphatic rings. The highest BCUT2D eigenvalue weighted by atomic mass is 15.3. The van der Waals surface area contributed by atoms with Gasteiger partial charge in [-0.2, -0.15) is 5.10 Å². The van der Waals surface area contributed by atoms with Crippen LogP contribution in [0.4, 0.5) is 0 Å². The van der Waals surface area contributed by atoms with E-state index in [9.17, 15) is 0 Å². The van der Waals surface area contributed by atoms with Crippen LogP contribution >= 0.6 is 0 Å². The number of rotatable bonds is 1. The van der Waals surface area contributed by atoms with Gasteiger partial charge in [0.2, 0.25) is 5.96 Å². The van der Waals surface area contributed by atoms with Crippen molar-refractivity contribution < 1.29 is 0 Å². The predicted molar refractivity (Wildman–Crippen MR) is 54.7 cm³/mol. The van der Waals surface area contributed by atoms with E-state index >= 15 is 0 Å². The minimum atomic E-state index is -0.0853. The van der Waals surface area contributed by atoms with Gasteiger partial charge in [0.15, 0.2) is 0 Å². The Balaban J connectivity index is 2.56. The Labute approximate surface area is 79.1 Å². The number of nitrogens with one attached hydrogen (secondary N) is 2. The minimum Gasteiger partial charge on any atom is -0.369 e. The molecule has 0 aromatic rings. The number of hydrazone groups is 1. The van der Waals surface area contributed by atoms with Crippen LogP contribution in [-0.2, 0) is 0 Å². The minimum absolute atomic E-state index is 0.0853. The molecule has 0 saturated heterocycles. The van der Waals surface area contributed by atoms with Crippen LogP contribution in [0.5, 0.6) is 0 Å². The first kappa shape index (κ1) is 10.0. The van der Waals surface area contributed by atoms with E-state index in [1.807, 2.05) is 0 Å². The Bertz CT molecular complexity index is 222. The molecule has 0 bridgehead atoms. The highest BCUT2D eigenvalue weighted by molar-refractivity contribution is 5.88. The van der Waals surface area contributed by atoms with Gasteiger partial charge in [0.25, 0.3) is 0 Å². The molecule has 4 nitrogen and oxygen atoms in total. The molecule has 4 heteroatoms. The van der Waals surface area contributed by atoms with E-state index in [-0.39, 0.29) is 5.96 Å². The molecule has 13 heavy (non-hydrogen) atoms. The highest BCUT2D eigenvalue weighted by Crippen LogP contribution is 2.26. The second-order valence-corrected chi connectivity index (χ2v) is 3.79. The van der Waals surface area contributed by atoms with E-state index in [1.54, 1.807) is 0 Å². The fourth-order valence-corrected chi connectivity index (χ4v) is 1.70. The average Bonchev–Trinajstić information content (AvgIpc) is 2.07. The Kier molecular flexibility index (Phi) is 3.28. The molecule has 1 aliphatic carbocycles. The summed E-state index contributed by atoms with van der Waals surface area (Å²) in [5.74, 6) is 1.12. The zero-order valence-corrected chi connectivity index (χ0v) is 8.30. The van der Waals surface area contributed by atoms with Crippen molar-refractivity contribution in [2.45, 2.75) is 33.1 Å². The van der Waals surface area contributed by atoms with Crippen LogP contribution in [0.25, 0.3) is 0 Å². The second-order valence-electron chi connectivity index (χ2n) is 3.79. The number of hydrogen-bond donors (Lipinski definition) is 3. The first-order chi connectivity index (χ1) is 6.11. The maximum atomic E-state index is 6.99. The third-order valence-corrected chi connectivity index (χ3v) is 2.79. The molecule has 0 heterocycles. The van der Waals surface area contributed by atoms with E-state index < -0.39 is 0 Å². The molecule has 2 unspecified atom stereocenters. The van der Waals surface area contributed by atoms with Crippen LogP contribution in [0.1, 0.15) is 33.1 Å². The molecule has 74 valence electrons. The quantitative estimate of drug-likeness (QED) is 0.324. The number of hydrogen-bond acceptors (Lipinski definition) is 2. The summed E-state index contributed by atoms with van der Waals surface area (Å²) in [4.78, 5) is 0. The molecular weight excluding hydrogens is 164 g/mol. The van der Waals surface area contributed by atoms with Crippen molar-refractivity contribution in [1.82, 2.24) is 5.43 Å². The van der Waals surface area contributed by atoms with Crippen LogP contribution in [0.2, 0.25) is 0 Å². The Hall–Kier alpha value is -1.06. The van der Waals surface area contributed by atoms with Crippen molar-refractivity contribution >= 4 is 11.7 Å². The summed E-state index contributed by atoms with van der Waals surface area (Å²) in [5.41, 5.74) is 8.82. The molecular formula is C9H18N4. The lowest BCUT2D eigenvalue weighted by Crippen LogP contribution is -2.31. The second kappa shape index (κ2) is 4.25. The van der Waals surface area contributed by atoms with Gasteiger partial charge >= 0.3 is 0 Å². The van der Waals surface area contributed by atoms with Crippen LogP contribution in [0.3, 0.4) is 0 Å². The third-order valence-electron chi connectivity index (χ3n) is 2.79. The van der Waals surface area contributed by atoms with Crippen LogP contribution < -0.4 is 11.2 Å². The summed E-state index contributed by atoms with van der Waals surface area (Å²) < 4.78 is 0.